The van der Waals surface area contributed by atoms with Crippen LogP contribution in [0.1, 0.15) is 34.1 Å². The van der Waals surface area contributed by atoms with Crippen LogP contribution in [0, 0.1) is 0 Å². The number of hydrogen-bond acceptors (Lipinski definition) is 4. The Labute approximate surface area is 158 Å². The van der Waals surface area contributed by atoms with Crippen LogP contribution in [-0.2, 0) is 9.59 Å². The van der Waals surface area contributed by atoms with E-state index in [1.807, 2.05) is 0 Å². The Morgan fingerprint density at radius 1 is 0.929 bits per heavy atom. The summed E-state index contributed by atoms with van der Waals surface area (Å²) in [6, 6.07) is 5.12. The van der Waals surface area contributed by atoms with Gasteiger partial charge in [-0.25, -0.2) is 0 Å². The zero-order chi connectivity index (χ0) is 20.6. The number of halogens is 3. The van der Waals surface area contributed by atoms with Crippen LogP contribution in [-0.4, -0.2) is 76.7 Å². The van der Waals surface area contributed by atoms with Crippen LogP contribution in [0.3, 0.4) is 0 Å². The molecule has 3 rings (SSSR count). The van der Waals surface area contributed by atoms with E-state index in [2.05, 4.69) is 0 Å². The molecule has 1 atom stereocenters. The molecule has 1 saturated heterocycles. The van der Waals surface area contributed by atoms with Crippen LogP contribution in [0.15, 0.2) is 24.3 Å². The number of nitrogens with zero attached hydrogens (tertiary/aromatic N) is 3. The van der Waals surface area contributed by atoms with Crippen molar-refractivity contribution >= 4 is 23.6 Å². The second-order valence-corrected chi connectivity index (χ2v) is 6.67. The first kappa shape index (κ1) is 19.8. The van der Waals surface area contributed by atoms with Crippen molar-refractivity contribution in [2.75, 3.05) is 26.2 Å². The van der Waals surface area contributed by atoms with Gasteiger partial charge < -0.3 is 9.80 Å². The minimum Gasteiger partial charge on any atom is -0.339 e. The van der Waals surface area contributed by atoms with Gasteiger partial charge in [0.1, 0.15) is 6.04 Å². The molecule has 150 valence electrons. The highest BCUT2D eigenvalue weighted by molar-refractivity contribution is 6.22. The monoisotopic (exact) mass is 397 g/mol. The van der Waals surface area contributed by atoms with Crippen LogP contribution < -0.4 is 0 Å². The van der Waals surface area contributed by atoms with E-state index in [1.54, 1.807) is 12.1 Å². The largest absolute Gasteiger partial charge is 0.471 e. The zero-order valence-corrected chi connectivity index (χ0v) is 15.0. The van der Waals surface area contributed by atoms with Crippen LogP contribution in [0.25, 0.3) is 0 Å². The van der Waals surface area contributed by atoms with Crippen molar-refractivity contribution in [3.8, 4) is 0 Å². The van der Waals surface area contributed by atoms with Gasteiger partial charge in [-0.05, 0) is 25.5 Å². The summed E-state index contributed by atoms with van der Waals surface area (Å²) >= 11 is 0. The minimum absolute atomic E-state index is 0.103. The van der Waals surface area contributed by atoms with Crippen molar-refractivity contribution < 1.29 is 32.3 Å². The second-order valence-electron chi connectivity index (χ2n) is 6.67. The molecule has 0 aliphatic carbocycles. The van der Waals surface area contributed by atoms with E-state index in [4.69, 9.17) is 0 Å². The summed E-state index contributed by atoms with van der Waals surface area (Å²) in [5, 5.41) is 0. The molecule has 1 aromatic carbocycles. The molecule has 0 radical (unpaired) electrons. The molecule has 1 fully saturated rings. The molecule has 1 aromatic rings. The third-order valence-corrected chi connectivity index (χ3v) is 4.91. The molecule has 4 amide bonds. The van der Waals surface area contributed by atoms with Gasteiger partial charge in [0.25, 0.3) is 11.8 Å². The van der Waals surface area contributed by atoms with E-state index in [1.165, 1.54) is 24.0 Å². The Balaban J connectivity index is 1.70. The predicted molar refractivity (Wildman–Crippen MR) is 90.2 cm³/mol. The van der Waals surface area contributed by atoms with E-state index in [9.17, 15) is 32.3 Å². The molecular weight excluding hydrogens is 379 g/mol. The molecule has 2 aliphatic heterocycles. The summed E-state index contributed by atoms with van der Waals surface area (Å²) in [4.78, 5) is 52.1. The summed E-state index contributed by atoms with van der Waals surface area (Å²) in [6.07, 6.45) is -4.80. The molecule has 0 spiro atoms. The Hall–Kier alpha value is -2.91. The molecule has 0 N–H and O–H groups in total. The number of carbonyl (C=O) groups is 4. The lowest BCUT2D eigenvalue weighted by Gasteiger charge is -2.28. The van der Waals surface area contributed by atoms with Gasteiger partial charge >= 0.3 is 12.1 Å². The molecule has 0 bridgehead atoms. The maximum Gasteiger partial charge on any atom is 0.471 e. The average molecular weight is 397 g/mol. The molecule has 1 unspecified atom stereocenters. The molecule has 0 saturated carbocycles. The third-order valence-electron chi connectivity index (χ3n) is 4.91. The van der Waals surface area contributed by atoms with Crippen molar-refractivity contribution in [1.29, 1.82) is 0 Å². The summed E-state index contributed by atoms with van der Waals surface area (Å²) in [6.45, 7) is 1.05. The molecule has 10 heteroatoms. The highest BCUT2D eigenvalue weighted by Gasteiger charge is 2.44. The first-order chi connectivity index (χ1) is 13.1. The van der Waals surface area contributed by atoms with Gasteiger partial charge in [-0.1, -0.05) is 12.1 Å². The van der Waals surface area contributed by atoms with Gasteiger partial charge in [0, 0.05) is 26.2 Å². The van der Waals surface area contributed by atoms with Crippen molar-refractivity contribution in [3.05, 3.63) is 35.4 Å². The highest BCUT2D eigenvalue weighted by atomic mass is 19.4. The molecule has 0 aromatic heterocycles. The van der Waals surface area contributed by atoms with Crippen LogP contribution >= 0.6 is 0 Å². The Morgan fingerprint density at radius 2 is 1.43 bits per heavy atom. The van der Waals surface area contributed by atoms with Crippen molar-refractivity contribution in [2.45, 2.75) is 25.6 Å². The van der Waals surface area contributed by atoms with Gasteiger partial charge in [0.15, 0.2) is 0 Å². The predicted octanol–water partition coefficient (Wildman–Crippen LogP) is 1.29. The number of carbonyl (C=O) groups excluding carboxylic acids is 4. The normalized spacial score (nSPS) is 18.8. The number of rotatable bonds is 2. The van der Waals surface area contributed by atoms with E-state index in [-0.39, 0.29) is 43.7 Å². The first-order valence-electron chi connectivity index (χ1n) is 8.74. The summed E-state index contributed by atoms with van der Waals surface area (Å²) in [5.41, 5.74) is 0.426. The van der Waals surface area contributed by atoms with Crippen LogP contribution in [0.2, 0.25) is 0 Å². The van der Waals surface area contributed by atoms with Crippen molar-refractivity contribution in [3.63, 3.8) is 0 Å². The molecule has 2 heterocycles. The van der Waals surface area contributed by atoms with E-state index in [0.29, 0.717) is 4.90 Å². The first-order valence-corrected chi connectivity index (χ1v) is 8.74. The van der Waals surface area contributed by atoms with Gasteiger partial charge in [-0.15, -0.1) is 0 Å². The van der Waals surface area contributed by atoms with Crippen LogP contribution in [0.5, 0.6) is 0 Å². The smallest absolute Gasteiger partial charge is 0.339 e. The van der Waals surface area contributed by atoms with Crippen molar-refractivity contribution in [1.82, 2.24) is 14.7 Å². The Bertz CT molecular complexity index is 805. The number of alkyl halides is 3. The molecule has 28 heavy (non-hydrogen) atoms. The zero-order valence-electron chi connectivity index (χ0n) is 15.0. The summed E-state index contributed by atoms with van der Waals surface area (Å²) in [5.74, 6) is -3.64. The topological polar surface area (TPSA) is 78.0 Å². The Kier molecular flexibility index (Phi) is 5.14. The second kappa shape index (κ2) is 7.25. The van der Waals surface area contributed by atoms with E-state index < -0.39 is 35.8 Å². The fourth-order valence-electron chi connectivity index (χ4n) is 3.45. The lowest BCUT2D eigenvalue weighted by Crippen LogP contribution is -2.50. The van der Waals surface area contributed by atoms with E-state index >= 15 is 0 Å². The van der Waals surface area contributed by atoms with Crippen LogP contribution in [0.4, 0.5) is 13.2 Å². The number of hydrogen-bond donors (Lipinski definition) is 0. The molecule has 7 nitrogen and oxygen atoms in total. The van der Waals surface area contributed by atoms with Gasteiger partial charge in [-0.3, -0.25) is 24.1 Å². The number of amides is 4. The summed E-state index contributed by atoms with van der Waals surface area (Å²) in [7, 11) is 0. The molecular formula is C18H18F3N3O4. The molecule has 2 aliphatic rings. The summed E-state index contributed by atoms with van der Waals surface area (Å²) < 4.78 is 37.9. The Morgan fingerprint density at radius 3 is 1.96 bits per heavy atom. The quantitative estimate of drug-likeness (QED) is 0.705. The fraction of sp³-hybridized carbons (Fsp3) is 0.444. The SMILES string of the molecule is CC(C(=O)N1CCCN(C(=O)C(F)(F)F)CC1)N1C(=O)c2ccccc2C1=O. The minimum atomic E-state index is -4.97. The number of fused-ring (bicyclic) bond motifs is 1. The lowest BCUT2D eigenvalue weighted by atomic mass is 10.1. The maximum atomic E-state index is 12.8. The standard InChI is InChI=1S/C18H18F3N3O4/c1-11(24-15(26)12-5-2-3-6-13(12)16(24)27)14(25)22-7-4-8-23(10-9-22)17(28)18(19,20)21/h2-3,5-6,11H,4,7-10H2,1H3. The average Bonchev–Trinajstić information content (AvgIpc) is 2.82. The third kappa shape index (κ3) is 3.46. The fourth-order valence-corrected chi connectivity index (χ4v) is 3.45. The number of imide groups is 1. The van der Waals surface area contributed by atoms with Crippen molar-refractivity contribution in [2.24, 2.45) is 0 Å². The maximum absolute atomic E-state index is 12.8. The lowest BCUT2D eigenvalue weighted by molar-refractivity contribution is -0.185. The highest BCUT2D eigenvalue weighted by Crippen LogP contribution is 2.25. The van der Waals surface area contributed by atoms with E-state index in [0.717, 1.165) is 4.90 Å². The number of benzene rings is 1. The van der Waals surface area contributed by atoms with Gasteiger partial charge in [0.2, 0.25) is 5.91 Å². The van der Waals surface area contributed by atoms with Gasteiger partial charge in [0.05, 0.1) is 11.1 Å². The van der Waals surface area contributed by atoms with Gasteiger partial charge in [-0.2, -0.15) is 13.2 Å².